The van der Waals surface area contributed by atoms with Crippen molar-refractivity contribution in [3.05, 3.63) is 29.8 Å². The number of hydrogen-bond acceptors (Lipinski definition) is 4. The van der Waals surface area contributed by atoms with E-state index in [0.717, 1.165) is 32.5 Å². The second kappa shape index (κ2) is 9.42. The van der Waals surface area contributed by atoms with Gasteiger partial charge in [-0.3, -0.25) is 14.5 Å². The Balaban J connectivity index is 1.79. The van der Waals surface area contributed by atoms with E-state index in [1.807, 2.05) is 4.90 Å². The molecule has 1 fully saturated rings. The van der Waals surface area contributed by atoms with E-state index >= 15 is 0 Å². The number of piperidine rings is 1. The summed E-state index contributed by atoms with van der Waals surface area (Å²) in [6.45, 7) is 8.19. The van der Waals surface area contributed by atoms with E-state index in [-0.39, 0.29) is 24.3 Å². The van der Waals surface area contributed by atoms with Crippen LogP contribution in [0.1, 0.15) is 25.3 Å². The molecule has 138 valence electrons. The highest BCUT2D eigenvalue weighted by molar-refractivity contribution is 5.79. The number of rotatable bonds is 8. The number of carbonyl (C=O) groups excluding carboxylic acids is 2. The Hall–Kier alpha value is -2.08. The van der Waals surface area contributed by atoms with E-state index < -0.39 is 0 Å². The minimum Gasteiger partial charge on any atom is -0.370 e. The van der Waals surface area contributed by atoms with Crippen molar-refractivity contribution < 1.29 is 9.59 Å². The van der Waals surface area contributed by atoms with Crippen molar-refractivity contribution in [2.75, 3.05) is 44.2 Å². The molecule has 1 heterocycles. The average Bonchev–Trinajstić information content (AvgIpc) is 2.58. The van der Waals surface area contributed by atoms with Gasteiger partial charge < -0.3 is 16.0 Å². The van der Waals surface area contributed by atoms with Crippen LogP contribution in [0.2, 0.25) is 0 Å². The maximum atomic E-state index is 12.4. The zero-order valence-electron chi connectivity index (χ0n) is 15.3. The summed E-state index contributed by atoms with van der Waals surface area (Å²) in [5, 5.41) is 3.05. The van der Waals surface area contributed by atoms with Crippen molar-refractivity contribution in [3.8, 4) is 0 Å². The van der Waals surface area contributed by atoms with Crippen LogP contribution in [-0.2, 0) is 9.59 Å². The van der Waals surface area contributed by atoms with E-state index in [4.69, 9.17) is 5.73 Å². The molecule has 0 radical (unpaired) electrons. The lowest BCUT2D eigenvalue weighted by Gasteiger charge is -2.31. The van der Waals surface area contributed by atoms with E-state index in [0.29, 0.717) is 13.1 Å². The van der Waals surface area contributed by atoms with Crippen molar-refractivity contribution >= 4 is 17.5 Å². The third kappa shape index (κ3) is 6.05. The van der Waals surface area contributed by atoms with E-state index in [2.05, 4.69) is 48.3 Å². The topological polar surface area (TPSA) is 78.7 Å². The molecular weight excluding hydrogens is 316 g/mol. The van der Waals surface area contributed by atoms with Crippen molar-refractivity contribution in [1.82, 2.24) is 10.2 Å². The molecule has 6 heteroatoms. The van der Waals surface area contributed by atoms with Crippen LogP contribution in [0.3, 0.4) is 0 Å². The molecule has 1 aliphatic rings. The van der Waals surface area contributed by atoms with Gasteiger partial charge in [-0.25, -0.2) is 0 Å². The Labute approximate surface area is 150 Å². The fourth-order valence-corrected chi connectivity index (χ4v) is 3.39. The molecule has 25 heavy (non-hydrogen) atoms. The Kier molecular flexibility index (Phi) is 7.25. The first-order valence-electron chi connectivity index (χ1n) is 9.09. The molecule has 1 aromatic rings. The van der Waals surface area contributed by atoms with Crippen LogP contribution in [0.15, 0.2) is 24.3 Å². The number of hydrogen-bond donors (Lipinski definition) is 2. The van der Waals surface area contributed by atoms with Gasteiger partial charge in [-0.15, -0.1) is 0 Å². The van der Waals surface area contributed by atoms with Gasteiger partial charge in [0, 0.05) is 31.9 Å². The first-order valence-corrected chi connectivity index (χ1v) is 9.09. The zero-order valence-corrected chi connectivity index (χ0v) is 15.3. The molecule has 2 rings (SSSR count). The lowest BCUT2D eigenvalue weighted by Crippen LogP contribution is -2.46. The number of carbonyl (C=O) groups is 2. The number of aryl methyl sites for hydroxylation is 1. The van der Waals surface area contributed by atoms with Crippen LogP contribution in [0, 0.1) is 12.8 Å². The van der Waals surface area contributed by atoms with Crippen molar-refractivity contribution in [2.45, 2.75) is 26.7 Å². The smallest absolute Gasteiger partial charge is 0.231 e. The third-order valence-electron chi connectivity index (χ3n) is 4.69. The Morgan fingerprint density at radius 2 is 2.20 bits per heavy atom. The Morgan fingerprint density at radius 3 is 2.88 bits per heavy atom. The molecule has 1 aromatic carbocycles. The first-order chi connectivity index (χ1) is 12.0. The monoisotopic (exact) mass is 346 g/mol. The Morgan fingerprint density at radius 1 is 1.40 bits per heavy atom. The molecule has 1 aliphatic heterocycles. The van der Waals surface area contributed by atoms with Gasteiger partial charge in [-0.1, -0.05) is 12.1 Å². The number of likely N-dealkylation sites (N-methyl/N-ethyl adjacent to an activating group) is 1. The maximum absolute atomic E-state index is 12.4. The summed E-state index contributed by atoms with van der Waals surface area (Å²) in [4.78, 5) is 27.7. The summed E-state index contributed by atoms with van der Waals surface area (Å²) in [6, 6.07) is 8.40. The van der Waals surface area contributed by atoms with Crippen LogP contribution >= 0.6 is 0 Å². The molecule has 0 bridgehead atoms. The fourth-order valence-electron chi connectivity index (χ4n) is 3.39. The molecule has 0 aromatic heterocycles. The van der Waals surface area contributed by atoms with Crippen molar-refractivity contribution in [1.29, 1.82) is 0 Å². The third-order valence-corrected chi connectivity index (χ3v) is 4.69. The molecule has 2 amide bonds. The molecule has 0 unspecified atom stereocenters. The molecule has 1 saturated heterocycles. The molecule has 6 nitrogen and oxygen atoms in total. The van der Waals surface area contributed by atoms with Gasteiger partial charge in [0.15, 0.2) is 0 Å². The predicted octanol–water partition coefficient (Wildman–Crippen LogP) is 1.13. The highest BCUT2D eigenvalue weighted by atomic mass is 16.2. The minimum atomic E-state index is -0.335. The largest absolute Gasteiger partial charge is 0.370 e. The molecule has 1 atom stereocenters. The molecular formula is C19H30N4O2. The van der Waals surface area contributed by atoms with Crippen LogP contribution < -0.4 is 16.0 Å². The minimum absolute atomic E-state index is 0.0536. The van der Waals surface area contributed by atoms with Crippen LogP contribution in [-0.4, -0.2) is 56.0 Å². The summed E-state index contributed by atoms with van der Waals surface area (Å²) >= 11 is 0. The second-order valence-electron chi connectivity index (χ2n) is 6.75. The van der Waals surface area contributed by atoms with Gasteiger partial charge in [0.2, 0.25) is 11.8 Å². The number of nitrogens with zero attached hydrogens (tertiary/aromatic N) is 2. The van der Waals surface area contributed by atoms with Crippen LogP contribution in [0.5, 0.6) is 0 Å². The average molecular weight is 346 g/mol. The fraction of sp³-hybridized carbons (Fsp3) is 0.579. The van der Waals surface area contributed by atoms with Crippen LogP contribution in [0.4, 0.5) is 5.69 Å². The number of nitrogens with two attached hydrogens (primary N) is 1. The van der Waals surface area contributed by atoms with Gasteiger partial charge >= 0.3 is 0 Å². The summed E-state index contributed by atoms with van der Waals surface area (Å²) in [6.07, 6.45) is 1.80. The van der Waals surface area contributed by atoms with Gasteiger partial charge in [-0.2, -0.15) is 0 Å². The van der Waals surface area contributed by atoms with E-state index in [1.54, 1.807) is 0 Å². The standard InChI is InChI=1S/C19H30N4O2/c1-3-23(17-8-4-6-15(2)12-17)11-9-21-19(25)16-7-5-10-22(13-16)14-18(20)24/h4,6,8,12,16H,3,5,7,9-11,13-14H2,1-2H3,(H2,20,24)(H,21,25)/t16-/m1/s1. The number of amides is 2. The second-order valence-corrected chi connectivity index (χ2v) is 6.75. The number of likely N-dealkylation sites (tertiary alicyclic amines) is 1. The van der Waals surface area contributed by atoms with Gasteiger partial charge in [0.05, 0.1) is 12.5 Å². The number of anilines is 1. The SMILES string of the molecule is CCN(CCNC(=O)[C@@H]1CCCN(CC(N)=O)C1)c1cccc(C)c1. The summed E-state index contributed by atoms with van der Waals surface area (Å²) < 4.78 is 0. The molecule has 3 N–H and O–H groups in total. The Bertz CT molecular complexity index is 591. The van der Waals surface area contributed by atoms with Crippen LogP contribution in [0.25, 0.3) is 0 Å². The van der Waals surface area contributed by atoms with Gasteiger partial charge in [-0.05, 0) is 50.9 Å². The molecule has 0 aliphatic carbocycles. The number of primary amides is 1. The quantitative estimate of drug-likeness (QED) is 0.740. The van der Waals surface area contributed by atoms with Gasteiger partial charge in [0.1, 0.15) is 0 Å². The van der Waals surface area contributed by atoms with Gasteiger partial charge in [0.25, 0.3) is 0 Å². The number of nitrogens with one attached hydrogen (secondary N) is 1. The number of benzene rings is 1. The normalized spacial score (nSPS) is 17.9. The summed E-state index contributed by atoms with van der Waals surface area (Å²) in [5.41, 5.74) is 7.67. The highest BCUT2D eigenvalue weighted by Gasteiger charge is 2.26. The maximum Gasteiger partial charge on any atom is 0.231 e. The predicted molar refractivity (Wildman–Crippen MR) is 100 cm³/mol. The molecule has 0 saturated carbocycles. The lowest BCUT2D eigenvalue weighted by molar-refractivity contribution is -0.128. The van der Waals surface area contributed by atoms with Crippen molar-refractivity contribution in [2.24, 2.45) is 11.7 Å². The lowest BCUT2D eigenvalue weighted by atomic mass is 9.97. The van der Waals surface area contributed by atoms with Crippen molar-refractivity contribution in [3.63, 3.8) is 0 Å². The summed E-state index contributed by atoms with van der Waals surface area (Å²) in [5.74, 6) is -0.311. The van der Waals surface area contributed by atoms with E-state index in [9.17, 15) is 9.59 Å². The molecule has 0 spiro atoms. The summed E-state index contributed by atoms with van der Waals surface area (Å²) in [7, 11) is 0. The van der Waals surface area contributed by atoms with E-state index in [1.165, 1.54) is 11.3 Å². The first kappa shape index (κ1) is 19.2. The highest BCUT2D eigenvalue weighted by Crippen LogP contribution is 2.17. The zero-order chi connectivity index (χ0) is 18.2.